The maximum Gasteiger partial charge on any atom is 0.270 e. The van der Waals surface area contributed by atoms with Crippen LogP contribution in [0.2, 0.25) is 0 Å². The Labute approximate surface area is 178 Å². The van der Waals surface area contributed by atoms with Crippen LogP contribution in [0.5, 0.6) is 0 Å². The van der Waals surface area contributed by atoms with Gasteiger partial charge in [0, 0.05) is 17.8 Å². The second kappa shape index (κ2) is 8.99. The molecule has 5 heteroatoms. The summed E-state index contributed by atoms with van der Waals surface area (Å²) in [7, 11) is 0. The fourth-order valence-electron chi connectivity index (χ4n) is 5.06. The summed E-state index contributed by atoms with van der Waals surface area (Å²) in [6.07, 6.45) is 7.75. The molecule has 2 N–H and O–H groups in total. The first-order valence-electron chi connectivity index (χ1n) is 11.2. The zero-order valence-corrected chi connectivity index (χ0v) is 17.7. The van der Waals surface area contributed by atoms with Gasteiger partial charge >= 0.3 is 0 Å². The number of nitrogens with zero attached hydrogens (tertiary/aromatic N) is 1. The highest BCUT2D eigenvalue weighted by Crippen LogP contribution is 2.40. The fourth-order valence-corrected chi connectivity index (χ4v) is 5.06. The molecule has 2 atom stereocenters. The summed E-state index contributed by atoms with van der Waals surface area (Å²) < 4.78 is 0. The van der Waals surface area contributed by atoms with Crippen LogP contribution in [0.25, 0.3) is 0 Å². The molecule has 4 rings (SSSR count). The van der Waals surface area contributed by atoms with Gasteiger partial charge in [-0.2, -0.15) is 0 Å². The van der Waals surface area contributed by atoms with Gasteiger partial charge in [-0.3, -0.25) is 9.59 Å². The minimum Gasteiger partial charge on any atom is -0.353 e. The lowest BCUT2D eigenvalue weighted by Gasteiger charge is -2.37. The number of nitrogens with one attached hydrogen (secondary N) is 2. The summed E-state index contributed by atoms with van der Waals surface area (Å²) >= 11 is 0. The second-order valence-corrected chi connectivity index (χ2v) is 8.83. The third-order valence-corrected chi connectivity index (χ3v) is 6.69. The summed E-state index contributed by atoms with van der Waals surface area (Å²) in [4.78, 5) is 30.3. The van der Waals surface area contributed by atoms with E-state index in [0.717, 1.165) is 56.2 Å². The van der Waals surface area contributed by atoms with Crippen molar-refractivity contribution in [2.75, 3.05) is 0 Å². The van der Waals surface area contributed by atoms with Crippen molar-refractivity contribution in [3.8, 4) is 0 Å². The standard InChI is InChI=1S/C25H31N3O2/c1-18-9-8-12-22(26-18)23(29)27-20-13-14-21(17-20)28-24(30)25(15-6-3-7-16-25)19-10-4-2-5-11-19/h2,4-5,8-12,20-21H,3,6-7,13-17H2,1H3,(H,27,29)(H,28,30)/t20-,21+/m0/s1. The summed E-state index contributed by atoms with van der Waals surface area (Å²) in [5.74, 6) is 0.0226. The molecule has 0 bridgehead atoms. The van der Waals surface area contributed by atoms with Gasteiger partial charge in [-0.15, -0.1) is 0 Å². The summed E-state index contributed by atoms with van der Waals surface area (Å²) in [5.41, 5.74) is 2.01. The summed E-state index contributed by atoms with van der Waals surface area (Å²) in [6.45, 7) is 1.88. The maximum atomic E-state index is 13.5. The molecule has 2 aromatic rings. The Kier molecular flexibility index (Phi) is 6.16. The number of hydrogen-bond acceptors (Lipinski definition) is 3. The Morgan fingerprint density at radius 2 is 1.60 bits per heavy atom. The molecule has 1 heterocycles. The van der Waals surface area contributed by atoms with Crippen LogP contribution in [0.15, 0.2) is 48.5 Å². The van der Waals surface area contributed by atoms with E-state index in [1.165, 1.54) is 6.42 Å². The molecule has 2 saturated carbocycles. The molecule has 1 aromatic carbocycles. The molecule has 1 aromatic heterocycles. The van der Waals surface area contributed by atoms with Gasteiger partial charge in [0.05, 0.1) is 5.41 Å². The number of aryl methyl sites for hydroxylation is 1. The zero-order valence-electron chi connectivity index (χ0n) is 17.7. The van der Waals surface area contributed by atoms with Gasteiger partial charge in [-0.1, -0.05) is 55.7 Å². The van der Waals surface area contributed by atoms with Gasteiger partial charge in [0.2, 0.25) is 5.91 Å². The summed E-state index contributed by atoms with van der Waals surface area (Å²) in [6, 6.07) is 15.9. The van der Waals surface area contributed by atoms with Gasteiger partial charge in [0.1, 0.15) is 5.69 Å². The molecule has 0 unspecified atom stereocenters. The first-order chi connectivity index (χ1) is 14.6. The maximum absolute atomic E-state index is 13.5. The monoisotopic (exact) mass is 405 g/mol. The van der Waals surface area contributed by atoms with Crippen LogP contribution < -0.4 is 10.6 Å². The Bertz CT molecular complexity index is 890. The van der Waals surface area contributed by atoms with Crippen LogP contribution in [0.1, 0.15) is 73.1 Å². The van der Waals surface area contributed by atoms with E-state index < -0.39 is 5.41 Å². The molecule has 2 aliphatic rings. The number of hydrogen-bond donors (Lipinski definition) is 2. The second-order valence-electron chi connectivity index (χ2n) is 8.83. The van der Waals surface area contributed by atoms with Gasteiger partial charge in [0.15, 0.2) is 0 Å². The molecule has 2 amide bonds. The number of carbonyl (C=O) groups excluding carboxylic acids is 2. The fraction of sp³-hybridized carbons (Fsp3) is 0.480. The minimum absolute atomic E-state index is 0.0733. The highest BCUT2D eigenvalue weighted by molar-refractivity contribution is 5.92. The van der Waals surface area contributed by atoms with Crippen LogP contribution >= 0.6 is 0 Å². The third-order valence-electron chi connectivity index (χ3n) is 6.69. The van der Waals surface area contributed by atoms with E-state index >= 15 is 0 Å². The molecule has 30 heavy (non-hydrogen) atoms. The van der Waals surface area contributed by atoms with E-state index in [-0.39, 0.29) is 23.9 Å². The molecule has 2 aliphatic carbocycles. The predicted molar refractivity (Wildman–Crippen MR) is 117 cm³/mol. The van der Waals surface area contributed by atoms with Crippen molar-refractivity contribution in [3.05, 3.63) is 65.5 Å². The van der Waals surface area contributed by atoms with Crippen LogP contribution in [-0.2, 0) is 10.2 Å². The van der Waals surface area contributed by atoms with Crippen molar-refractivity contribution >= 4 is 11.8 Å². The van der Waals surface area contributed by atoms with E-state index in [2.05, 4.69) is 27.8 Å². The molecule has 2 fully saturated rings. The number of carbonyl (C=O) groups is 2. The first kappa shape index (κ1) is 20.6. The third kappa shape index (κ3) is 4.40. The van der Waals surface area contributed by atoms with Gasteiger partial charge in [0.25, 0.3) is 5.91 Å². The lowest BCUT2D eigenvalue weighted by molar-refractivity contribution is -0.128. The molecule has 0 spiro atoms. The van der Waals surface area contributed by atoms with Crippen molar-refractivity contribution in [2.45, 2.75) is 75.8 Å². The van der Waals surface area contributed by atoms with Crippen LogP contribution in [0.3, 0.4) is 0 Å². The molecule has 5 nitrogen and oxygen atoms in total. The van der Waals surface area contributed by atoms with E-state index in [9.17, 15) is 9.59 Å². The molecule has 0 radical (unpaired) electrons. The highest BCUT2D eigenvalue weighted by Gasteiger charge is 2.42. The minimum atomic E-state index is -0.410. The topological polar surface area (TPSA) is 71.1 Å². The smallest absolute Gasteiger partial charge is 0.270 e. The predicted octanol–water partition coefficient (Wildman–Crippen LogP) is 4.06. The van der Waals surface area contributed by atoms with Gasteiger partial charge in [-0.25, -0.2) is 4.98 Å². The van der Waals surface area contributed by atoms with Crippen LogP contribution in [-0.4, -0.2) is 28.9 Å². The number of amides is 2. The van der Waals surface area contributed by atoms with Crippen molar-refractivity contribution < 1.29 is 9.59 Å². The number of benzene rings is 1. The Morgan fingerprint density at radius 1 is 0.900 bits per heavy atom. The van der Waals surface area contributed by atoms with Crippen LogP contribution in [0, 0.1) is 6.92 Å². The lowest BCUT2D eigenvalue weighted by atomic mass is 9.68. The number of rotatable bonds is 5. The Hall–Kier alpha value is -2.69. The number of pyridine rings is 1. The Balaban J connectivity index is 1.38. The van der Waals surface area contributed by atoms with Gasteiger partial charge < -0.3 is 10.6 Å². The van der Waals surface area contributed by atoms with Crippen molar-refractivity contribution in [1.29, 1.82) is 0 Å². The Morgan fingerprint density at radius 3 is 2.30 bits per heavy atom. The molecule has 0 saturated heterocycles. The molecular formula is C25H31N3O2. The molecule has 158 valence electrons. The van der Waals surface area contributed by atoms with Crippen molar-refractivity contribution in [1.82, 2.24) is 15.6 Å². The van der Waals surface area contributed by atoms with E-state index in [4.69, 9.17) is 0 Å². The lowest BCUT2D eigenvalue weighted by Crippen LogP contribution is -2.49. The SMILES string of the molecule is Cc1cccc(C(=O)N[C@H]2CC[C@@H](NC(=O)C3(c4ccccc4)CCCCC3)C2)n1. The van der Waals surface area contributed by atoms with Crippen LogP contribution in [0.4, 0.5) is 0 Å². The van der Waals surface area contributed by atoms with E-state index in [0.29, 0.717) is 5.69 Å². The van der Waals surface area contributed by atoms with Crippen molar-refractivity contribution in [3.63, 3.8) is 0 Å². The zero-order chi connectivity index (χ0) is 21.0. The highest BCUT2D eigenvalue weighted by atomic mass is 16.2. The van der Waals surface area contributed by atoms with E-state index in [1.807, 2.05) is 37.3 Å². The average Bonchev–Trinajstić information content (AvgIpc) is 3.21. The number of aromatic nitrogens is 1. The molecular weight excluding hydrogens is 374 g/mol. The quantitative estimate of drug-likeness (QED) is 0.788. The van der Waals surface area contributed by atoms with Crippen molar-refractivity contribution in [2.24, 2.45) is 0 Å². The average molecular weight is 406 g/mol. The normalized spacial score (nSPS) is 23.0. The summed E-state index contributed by atoms with van der Waals surface area (Å²) in [5, 5.41) is 6.43. The largest absolute Gasteiger partial charge is 0.353 e. The molecule has 0 aliphatic heterocycles. The first-order valence-corrected chi connectivity index (χ1v) is 11.2. The van der Waals surface area contributed by atoms with E-state index in [1.54, 1.807) is 6.07 Å². The van der Waals surface area contributed by atoms with Gasteiger partial charge in [-0.05, 0) is 56.7 Å².